The number of carbonyl (C=O) groups is 1. The molecule has 0 atom stereocenters. The minimum Gasteiger partial charge on any atom is -0.399 e. The van der Waals surface area contributed by atoms with Crippen LogP contribution >= 0.6 is 11.6 Å². The van der Waals surface area contributed by atoms with Gasteiger partial charge in [-0.25, -0.2) is 8.78 Å². The zero-order chi connectivity index (χ0) is 15.6. The van der Waals surface area contributed by atoms with E-state index in [2.05, 4.69) is 5.32 Å². The highest BCUT2D eigenvalue weighted by Gasteiger charge is 2.14. The molecular weight excluding hydrogens is 300 g/mol. The molecule has 0 aliphatic heterocycles. The van der Waals surface area contributed by atoms with Crippen LogP contribution in [0.4, 0.5) is 20.2 Å². The van der Waals surface area contributed by atoms with Crippen LogP contribution in [0.25, 0.3) is 0 Å². The number of anilines is 2. The second kappa shape index (κ2) is 5.97. The minimum atomic E-state index is -0.730. The van der Waals surface area contributed by atoms with Crippen molar-refractivity contribution in [1.29, 1.82) is 0 Å². The second-order valence-electron chi connectivity index (χ2n) is 4.38. The largest absolute Gasteiger partial charge is 0.399 e. The van der Waals surface area contributed by atoms with Crippen molar-refractivity contribution in [3.8, 4) is 0 Å². The molecule has 110 valence electrons. The van der Waals surface area contributed by atoms with Gasteiger partial charge in [-0.3, -0.25) is 4.79 Å². The molecule has 1 amide bonds. The van der Waals surface area contributed by atoms with E-state index in [9.17, 15) is 13.6 Å². The molecule has 2 aromatic carbocycles. The summed E-state index contributed by atoms with van der Waals surface area (Å²) in [5.74, 6) is -1.87. The minimum absolute atomic E-state index is 0.0620. The van der Waals surface area contributed by atoms with E-state index in [0.29, 0.717) is 0 Å². The summed E-state index contributed by atoms with van der Waals surface area (Å²) >= 11 is 6.00. The van der Waals surface area contributed by atoms with Crippen LogP contribution in [0, 0.1) is 11.6 Å². The maximum Gasteiger partial charge on any atom is 0.250 e. The Morgan fingerprint density at radius 1 is 1.24 bits per heavy atom. The van der Waals surface area contributed by atoms with Crippen molar-refractivity contribution < 1.29 is 13.6 Å². The molecule has 0 fully saturated rings. The molecule has 7 heteroatoms. The molecule has 0 aliphatic rings. The topological polar surface area (TPSA) is 81.1 Å². The van der Waals surface area contributed by atoms with Gasteiger partial charge in [-0.1, -0.05) is 11.6 Å². The van der Waals surface area contributed by atoms with Gasteiger partial charge in [-0.15, -0.1) is 0 Å². The van der Waals surface area contributed by atoms with Crippen LogP contribution in [0.1, 0.15) is 15.9 Å². The zero-order valence-corrected chi connectivity index (χ0v) is 11.5. The standard InChI is InChI=1S/C14H12ClF2N3O/c15-11-5-9(18)4-10(14(19)21)13(11)20-6-7-3-8(16)1-2-12(7)17/h1-5,20H,6,18H2,(H2,19,21). The van der Waals surface area contributed by atoms with Gasteiger partial charge in [0.25, 0.3) is 5.91 Å². The molecule has 0 saturated heterocycles. The fourth-order valence-corrected chi connectivity index (χ4v) is 2.16. The quantitative estimate of drug-likeness (QED) is 0.759. The summed E-state index contributed by atoms with van der Waals surface area (Å²) in [6.07, 6.45) is 0. The number of halogens is 3. The lowest BCUT2D eigenvalue weighted by molar-refractivity contribution is 0.100. The molecule has 0 heterocycles. The van der Waals surface area contributed by atoms with Crippen LogP contribution in [0.2, 0.25) is 5.02 Å². The van der Waals surface area contributed by atoms with Gasteiger partial charge in [0, 0.05) is 17.8 Å². The van der Waals surface area contributed by atoms with Crippen LogP contribution in [0.15, 0.2) is 30.3 Å². The number of hydrogen-bond acceptors (Lipinski definition) is 3. The Morgan fingerprint density at radius 3 is 2.62 bits per heavy atom. The van der Waals surface area contributed by atoms with Gasteiger partial charge < -0.3 is 16.8 Å². The van der Waals surface area contributed by atoms with E-state index in [-0.39, 0.29) is 34.1 Å². The molecule has 0 unspecified atom stereocenters. The number of amides is 1. The predicted octanol–water partition coefficient (Wildman–Crippen LogP) is 2.91. The van der Waals surface area contributed by atoms with E-state index in [1.807, 2.05) is 0 Å². The smallest absolute Gasteiger partial charge is 0.250 e. The lowest BCUT2D eigenvalue weighted by Crippen LogP contribution is -2.15. The van der Waals surface area contributed by atoms with Gasteiger partial charge in [0.05, 0.1) is 16.3 Å². The first-order valence-electron chi connectivity index (χ1n) is 5.95. The number of carbonyl (C=O) groups excluding carboxylic acids is 1. The van der Waals surface area contributed by atoms with Crippen LogP contribution in [-0.2, 0) is 6.54 Å². The molecule has 5 N–H and O–H groups in total. The number of rotatable bonds is 4. The number of benzene rings is 2. The molecule has 0 bridgehead atoms. The van der Waals surface area contributed by atoms with Crippen LogP contribution in [0.5, 0.6) is 0 Å². The molecule has 0 aliphatic carbocycles. The third-order valence-corrected chi connectivity index (χ3v) is 3.14. The van der Waals surface area contributed by atoms with Gasteiger partial charge in [0.2, 0.25) is 0 Å². The molecule has 2 rings (SSSR count). The van der Waals surface area contributed by atoms with Crippen molar-refractivity contribution in [3.05, 3.63) is 58.1 Å². The van der Waals surface area contributed by atoms with Gasteiger partial charge in [0.1, 0.15) is 11.6 Å². The first-order valence-corrected chi connectivity index (χ1v) is 6.33. The number of primary amides is 1. The monoisotopic (exact) mass is 311 g/mol. The highest BCUT2D eigenvalue weighted by molar-refractivity contribution is 6.34. The third-order valence-electron chi connectivity index (χ3n) is 2.84. The molecule has 0 aromatic heterocycles. The molecular formula is C14H12ClF2N3O. The van der Waals surface area contributed by atoms with Crippen molar-refractivity contribution in [3.63, 3.8) is 0 Å². The highest BCUT2D eigenvalue weighted by atomic mass is 35.5. The van der Waals surface area contributed by atoms with Crippen LogP contribution in [0.3, 0.4) is 0 Å². The van der Waals surface area contributed by atoms with E-state index in [1.54, 1.807) is 0 Å². The summed E-state index contributed by atoms with van der Waals surface area (Å²) in [6.45, 7) is -0.0620. The van der Waals surface area contributed by atoms with Crippen molar-refractivity contribution in [2.24, 2.45) is 5.73 Å². The fourth-order valence-electron chi connectivity index (χ4n) is 1.86. The summed E-state index contributed by atoms with van der Waals surface area (Å²) in [4.78, 5) is 11.4. The van der Waals surface area contributed by atoms with Crippen LogP contribution < -0.4 is 16.8 Å². The summed E-state index contributed by atoms with van der Waals surface area (Å²) in [7, 11) is 0. The fraction of sp³-hybridized carbons (Fsp3) is 0.0714. The molecule has 0 radical (unpaired) electrons. The maximum absolute atomic E-state index is 13.5. The van der Waals surface area contributed by atoms with Crippen molar-refractivity contribution in [2.75, 3.05) is 11.1 Å². The molecule has 2 aromatic rings. The van der Waals surface area contributed by atoms with Crippen LogP contribution in [-0.4, -0.2) is 5.91 Å². The summed E-state index contributed by atoms with van der Waals surface area (Å²) in [5, 5.41) is 2.95. The Kier molecular flexibility index (Phi) is 4.28. The molecule has 0 saturated carbocycles. The third kappa shape index (κ3) is 3.41. The Bertz CT molecular complexity index is 707. The first kappa shape index (κ1) is 15.1. The lowest BCUT2D eigenvalue weighted by atomic mass is 10.1. The summed E-state index contributed by atoms with van der Waals surface area (Å²) in [5.41, 5.74) is 11.5. The Morgan fingerprint density at radius 2 is 1.95 bits per heavy atom. The van der Waals surface area contributed by atoms with E-state index in [1.165, 1.54) is 12.1 Å². The Balaban J connectivity index is 2.32. The number of nitrogens with two attached hydrogens (primary N) is 2. The van der Waals surface area contributed by atoms with E-state index in [0.717, 1.165) is 18.2 Å². The summed E-state index contributed by atoms with van der Waals surface area (Å²) in [6, 6.07) is 5.88. The Hall–Kier alpha value is -2.34. The average molecular weight is 312 g/mol. The lowest BCUT2D eigenvalue weighted by Gasteiger charge is -2.13. The SMILES string of the molecule is NC(=O)c1cc(N)cc(Cl)c1NCc1cc(F)ccc1F. The molecule has 4 nitrogen and oxygen atoms in total. The normalized spacial score (nSPS) is 10.4. The van der Waals surface area contributed by atoms with Gasteiger partial charge in [-0.2, -0.15) is 0 Å². The van der Waals surface area contributed by atoms with Gasteiger partial charge in [-0.05, 0) is 30.3 Å². The van der Waals surface area contributed by atoms with Gasteiger partial charge in [0.15, 0.2) is 0 Å². The first-order chi connectivity index (χ1) is 9.88. The number of nitrogen functional groups attached to an aromatic ring is 1. The molecule has 0 spiro atoms. The second-order valence-corrected chi connectivity index (χ2v) is 4.79. The van der Waals surface area contributed by atoms with Crippen molar-refractivity contribution in [2.45, 2.75) is 6.54 Å². The van der Waals surface area contributed by atoms with Gasteiger partial charge >= 0.3 is 0 Å². The van der Waals surface area contributed by atoms with Crippen molar-refractivity contribution >= 4 is 28.9 Å². The number of nitrogens with one attached hydrogen (secondary N) is 1. The van der Waals surface area contributed by atoms with E-state index < -0.39 is 17.5 Å². The van der Waals surface area contributed by atoms with E-state index in [4.69, 9.17) is 23.1 Å². The predicted molar refractivity (Wildman–Crippen MR) is 78.1 cm³/mol. The summed E-state index contributed by atoms with van der Waals surface area (Å²) < 4.78 is 26.6. The maximum atomic E-state index is 13.5. The van der Waals surface area contributed by atoms with E-state index >= 15 is 0 Å². The Labute approximate surface area is 124 Å². The zero-order valence-electron chi connectivity index (χ0n) is 10.8. The average Bonchev–Trinajstić information content (AvgIpc) is 2.40. The highest BCUT2D eigenvalue weighted by Crippen LogP contribution is 2.29. The van der Waals surface area contributed by atoms with Crippen molar-refractivity contribution in [1.82, 2.24) is 0 Å². The molecule has 21 heavy (non-hydrogen) atoms. The number of hydrogen-bond donors (Lipinski definition) is 3.